The molecule has 0 radical (unpaired) electrons. The molecule has 0 aliphatic carbocycles. The van der Waals surface area contributed by atoms with Crippen LogP contribution in [0.3, 0.4) is 0 Å². The van der Waals surface area contributed by atoms with Crippen molar-refractivity contribution in [2.75, 3.05) is 26.1 Å². The van der Waals surface area contributed by atoms with Crippen LogP contribution in [0.15, 0.2) is 71.6 Å². The summed E-state index contributed by atoms with van der Waals surface area (Å²) in [5, 5.41) is 13.5. The molecule has 2 N–H and O–H groups in total. The van der Waals surface area contributed by atoms with E-state index in [0.29, 0.717) is 23.6 Å². The summed E-state index contributed by atoms with van der Waals surface area (Å²) in [4.78, 5) is 15.4. The van der Waals surface area contributed by atoms with E-state index in [-0.39, 0.29) is 25.5 Å². The second kappa shape index (κ2) is 14.1. The number of thioether (sulfide) groups is 1. The van der Waals surface area contributed by atoms with Crippen LogP contribution in [0.2, 0.25) is 0 Å². The van der Waals surface area contributed by atoms with Gasteiger partial charge in [-0.3, -0.25) is 9.69 Å². The third-order valence-electron chi connectivity index (χ3n) is 5.56. The maximum atomic E-state index is 13.8. The average Bonchev–Trinajstić information content (AvgIpc) is 2.85. The van der Waals surface area contributed by atoms with Crippen molar-refractivity contribution in [1.82, 2.24) is 10.2 Å². The fourth-order valence-corrected chi connectivity index (χ4v) is 4.44. The summed E-state index contributed by atoms with van der Waals surface area (Å²) in [5.41, 5.74) is 3.19. The first kappa shape index (κ1) is 27.8. The molecule has 0 heterocycles. The number of carbonyl (C=O) groups excluding carboxylic acids is 1. The van der Waals surface area contributed by atoms with Gasteiger partial charge in [0.1, 0.15) is 11.6 Å². The van der Waals surface area contributed by atoms with Gasteiger partial charge >= 0.3 is 0 Å². The van der Waals surface area contributed by atoms with Crippen LogP contribution in [0, 0.1) is 11.6 Å². The predicted molar refractivity (Wildman–Crippen MR) is 139 cm³/mol. The molecule has 3 aromatic carbocycles. The highest BCUT2D eigenvalue weighted by molar-refractivity contribution is 7.99. The maximum absolute atomic E-state index is 13.8. The van der Waals surface area contributed by atoms with Gasteiger partial charge in [0.05, 0.1) is 12.0 Å². The van der Waals surface area contributed by atoms with Crippen molar-refractivity contribution in [3.8, 4) is 0 Å². The smallest absolute Gasteiger partial charge is 0.251 e. The van der Waals surface area contributed by atoms with Crippen LogP contribution in [-0.4, -0.2) is 48.2 Å². The molecule has 192 valence electrons. The summed E-state index contributed by atoms with van der Waals surface area (Å²) in [7, 11) is 1.62. The third-order valence-corrected chi connectivity index (χ3v) is 6.52. The van der Waals surface area contributed by atoms with Gasteiger partial charge in [0.15, 0.2) is 0 Å². The SMILES string of the molecule is CCc1cccc(CN(Cc2cc(F)cc(F)c2)CC(O)CNC(=O)c2ccc(SCOC)cc2)c1. The molecule has 0 aliphatic rings. The van der Waals surface area contributed by atoms with Gasteiger partial charge in [0.25, 0.3) is 5.91 Å². The molecule has 0 fully saturated rings. The Morgan fingerprint density at radius 2 is 1.67 bits per heavy atom. The molecule has 8 heteroatoms. The standard InChI is InChI=1S/C28H32F2N2O3S/c1-3-20-5-4-6-21(11-20)16-32(17-22-12-24(29)14-25(30)13-22)18-26(33)15-31-28(34)23-7-9-27(10-8-23)36-19-35-2/h4-14,26,33H,3,15-19H2,1-2H3,(H,31,34). The Bertz CT molecular complexity index is 1110. The number of halogens is 2. The highest BCUT2D eigenvalue weighted by atomic mass is 32.2. The van der Waals surface area contributed by atoms with Crippen molar-refractivity contribution in [2.24, 2.45) is 0 Å². The zero-order valence-electron chi connectivity index (χ0n) is 20.5. The topological polar surface area (TPSA) is 61.8 Å². The van der Waals surface area contributed by atoms with E-state index in [1.807, 2.05) is 35.2 Å². The van der Waals surface area contributed by atoms with Gasteiger partial charge in [-0.1, -0.05) is 43.0 Å². The Balaban J connectivity index is 1.63. The summed E-state index contributed by atoms with van der Waals surface area (Å²) in [6, 6.07) is 18.7. The Morgan fingerprint density at radius 1 is 1.00 bits per heavy atom. The van der Waals surface area contributed by atoms with Crippen LogP contribution in [-0.2, 0) is 24.2 Å². The summed E-state index contributed by atoms with van der Waals surface area (Å²) in [6.45, 7) is 3.06. The second-order valence-electron chi connectivity index (χ2n) is 8.56. The highest BCUT2D eigenvalue weighted by Crippen LogP contribution is 2.18. The van der Waals surface area contributed by atoms with Crippen LogP contribution >= 0.6 is 11.8 Å². The van der Waals surface area contributed by atoms with Crippen LogP contribution in [0.1, 0.15) is 34.0 Å². The molecule has 0 bridgehead atoms. The van der Waals surface area contributed by atoms with E-state index in [9.17, 15) is 18.7 Å². The van der Waals surface area contributed by atoms with Crippen molar-refractivity contribution in [2.45, 2.75) is 37.4 Å². The molecule has 1 unspecified atom stereocenters. The summed E-state index contributed by atoms with van der Waals surface area (Å²) < 4.78 is 32.6. The van der Waals surface area contributed by atoms with Gasteiger partial charge in [-0.2, -0.15) is 0 Å². The number of aliphatic hydroxyl groups excluding tert-OH is 1. The van der Waals surface area contributed by atoms with Crippen LogP contribution in [0.25, 0.3) is 0 Å². The normalized spacial score (nSPS) is 12.1. The van der Waals surface area contributed by atoms with Gasteiger partial charge in [-0.25, -0.2) is 8.78 Å². The first-order chi connectivity index (χ1) is 17.4. The number of benzene rings is 3. The van der Waals surface area contributed by atoms with Crippen LogP contribution < -0.4 is 5.32 Å². The molecule has 0 saturated heterocycles. The number of aryl methyl sites for hydroxylation is 1. The fraction of sp³-hybridized carbons (Fsp3) is 0.321. The summed E-state index contributed by atoms with van der Waals surface area (Å²) >= 11 is 1.52. The highest BCUT2D eigenvalue weighted by Gasteiger charge is 2.16. The summed E-state index contributed by atoms with van der Waals surface area (Å²) in [5.74, 6) is -1.04. The van der Waals surface area contributed by atoms with Gasteiger partial charge in [0, 0.05) is 49.8 Å². The quantitative estimate of drug-likeness (QED) is 0.248. The largest absolute Gasteiger partial charge is 0.390 e. The number of hydrogen-bond acceptors (Lipinski definition) is 5. The number of ether oxygens (including phenoxy) is 1. The molecule has 0 saturated carbocycles. The second-order valence-corrected chi connectivity index (χ2v) is 9.56. The minimum absolute atomic E-state index is 0.0437. The number of rotatable bonds is 13. The monoisotopic (exact) mass is 514 g/mol. The molecular formula is C28H32F2N2O3S. The van der Waals surface area contributed by atoms with Gasteiger partial charge in [0.2, 0.25) is 0 Å². The number of methoxy groups -OCH3 is 1. The Kier molecular flexibility index (Phi) is 10.9. The third kappa shape index (κ3) is 9.02. The van der Waals surface area contributed by atoms with Crippen LogP contribution in [0.4, 0.5) is 8.78 Å². The molecule has 0 aromatic heterocycles. The lowest BCUT2D eigenvalue weighted by molar-refractivity contribution is 0.0837. The fourth-order valence-electron chi connectivity index (χ4n) is 3.86. The zero-order chi connectivity index (χ0) is 25.9. The van der Waals surface area contributed by atoms with E-state index < -0.39 is 17.7 Å². The number of hydrogen-bond donors (Lipinski definition) is 2. The van der Waals surface area contributed by atoms with Gasteiger partial charge in [-0.15, -0.1) is 0 Å². The lowest BCUT2D eigenvalue weighted by Crippen LogP contribution is -2.39. The molecular weight excluding hydrogens is 482 g/mol. The lowest BCUT2D eigenvalue weighted by Gasteiger charge is -2.26. The van der Waals surface area contributed by atoms with E-state index in [2.05, 4.69) is 18.3 Å². The number of carbonyl (C=O) groups is 1. The summed E-state index contributed by atoms with van der Waals surface area (Å²) in [6.07, 6.45) is 0.0159. The zero-order valence-corrected chi connectivity index (χ0v) is 21.4. The molecule has 0 aliphatic heterocycles. The molecule has 3 rings (SSSR count). The molecule has 1 atom stereocenters. The van der Waals surface area contributed by atoms with Crippen molar-refractivity contribution >= 4 is 17.7 Å². The van der Waals surface area contributed by atoms with Crippen molar-refractivity contribution < 1.29 is 23.4 Å². The molecule has 3 aromatic rings. The molecule has 36 heavy (non-hydrogen) atoms. The Morgan fingerprint density at radius 3 is 2.33 bits per heavy atom. The van der Waals surface area contributed by atoms with Crippen molar-refractivity contribution in [3.63, 3.8) is 0 Å². The van der Waals surface area contributed by atoms with E-state index in [1.165, 1.54) is 29.5 Å². The van der Waals surface area contributed by atoms with Crippen LogP contribution in [0.5, 0.6) is 0 Å². The average molecular weight is 515 g/mol. The Labute approximate surface area is 215 Å². The molecule has 0 spiro atoms. The van der Waals surface area contributed by atoms with E-state index in [0.717, 1.165) is 22.9 Å². The molecule has 5 nitrogen and oxygen atoms in total. The minimum atomic E-state index is -0.877. The van der Waals surface area contributed by atoms with E-state index >= 15 is 0 Å². The number of aliphatic hydroxyl groups is 1. The Hall–Kier alpha value is -2.78. The number of nitrogens with zero attached hydrogens (tertiary/aromatic N) is 1. The van der Waals surface area contributed by atoms with Crippen molar-refractivity contribution in [3.05, 3.63) is 101 Å². The van der Waals surface area contributed by atoms with E-state index in [1.54, 1.807) is 19.2 Å². The predicted octanol–water partition coefficient (Wildman–Crippen LogP) is 5.02. The van der Waals surface area contributed by atoms with E-state index in [4.69, 9.17) is 4.74 Å². The van der Waals surface area contributed by atoms with Gasteiger partial charge < -0.3 is 15.2 Å². The minimum Gasteiger partial charge on any atom is -0.390 e. The number of nitrogens with one attached hydrogen (secondary N) is 1. The lowest BCUT2D eigenvalue weighted by atomic mass is 10.1. The number of amides is 1. The first-order valence-corrected chi connectivity index (χ1v) is 12.8. The molecule has 1 amide bonds. The first-order valence-electron chi connectivity index (χ1n) is 11.8. The van der Waals surface area contributed by atoms with Gasteiger partial charge in [-0.05, 0) is 59.5 Å². The van der Waals surface area contributed by atoms with Crippen molar-refractivity contribution in [1.29, 1.82) is 0 Å². The maximum Gasteiger partial charge on any atom is 0.251 e.